The van der Waals surface area contributed by atoms with Crippen LogP contribution in [-0.2, 0) is 4.65 Å². The van der Waals surface area contributed by atoms with Gasteiger partial charge in [-0.2, -0.15) is 0 Å². The van der Waals surface area contributed by atoms with E-state index in [2.05, 4.69) is 4.98 Å². The molecule has 0 saturated carbocycles. The van der Waals surface area contributed by atoms with Gasteiger partial charge in [-0.1, -0.05) is 11.6 Å². The maximum atomic E-state index is 10.1. The third-order valence-corrected chi connectivity index (χ3v) is 3.50. The van der Waals surface area contributed by atoms with Gasteiger partial charge in [-0.25, -0.2) is 4.98 Å². The second-order valence-corrected chi connectivity index (χ2v) is 5.66. The number of rotatable bonds is 5. The molecular formula is C12H19BClNO4. The largest absolute Gasteiger partial charge is 0.494 e. The zero-order chi connectivity index (χ0) is 14.8. The first-order valence-corrected chi connectivity index (χ1v) is 6.24. The summed E-state index contributed by atoms with van der Waals surface area (Å²) in [5.74, 6) is 0.350. The highest BCUT2D eigenvalue weighted by Gasteiger charge is 2.39. The van der Waals surface area contributed by atoms with Gasteiger partial charge in [-0.05, 0) is 33.8 Å². The van der Waals surface area contributed by atoms with Crippen LogP contribution >= 0.6 is 11.6 Å². The predicted octanol–water partition coefficient (Wildman–Crippen LogP) is 0.997. The fourth-order valence-corrected chi connectivity index (χ4v) is 1.39. The van der Waals surface area contributed by atoms with Crippen LogP contribution in [-0.4, -0.2) is 40.5 Å². The molecule has 2 N–H and O–H groups in total. The lowest BCUT2D eigenvalue weighted by Gasteiger charge is -2.38. The minimum atomic E-state index is -1.24. The molecule has 0 radical (unpaired) electrons. The van der Waals surface area contributed by atoms with Crippen LogP contribution in [0.4, 0.5) is 0 Å². The van der Waals surface area contributed by atoms with Crippen molar-refractivity contribution >= 4 is 24.2 Å². The Kier molecular flexibility index (Phi) is 4.84. The molecule has 0 aliphatic rings. The van der Waals surface area contributed by atoms with Gasteiger partial charge in [0, 0.05) is 11.7 Å². The molecule has 0 aliphatic heterocycles. The van der Waals surface area contributed by atoms with Gasteiger partial charge in [0.05, 0.1) is 18.3 Å². The molecule has 1 aromatic rings. The van der Waals surface area contributed by atoms with Crippen molar-refractivity contribution < 1.29 is 19.5 Å². The molecule has 0 bridgehead atoms. The molecule has 0 atom stereocenters. The number of pyridine rings is 1. The molecule has 1 heterocycles. The molecule has 1 rings (SSSR count). The van der Waals surface area contributed by atoms with Crippen molar-refractivity contribution in [1.82, 2.24) is 4.98 Å². The van der Waals surface area contributed by atoms with Crippen molar-refractivity contribution in [2.45, 2.75) is 38.9 Å². The summed E-state index contributed by atoms with van der Waals surface area (Å²) in [6.07, 6.45) is 1.40. The SMILES string of the molecule is COc1cc(B(O)OC(C)(C)C(C)(C)O)cnc1Cl. The molecular weight excluding hydrogens is 268 g/mol. The third-order valence-electron chi connectivity index (χ3n) is 3.21. The fraction of sp³-hybridized carbons (Fsp3) is 0.583. The van der Waals surface area contributed by atoms with Crippen LogP contribution in [0.25, 0.3) is 0 Å². The molecule has 0 spiro atoms. The lowest BCUT2D eigenvalue weighted by Crippen LogP contribution is -2.53. The maximum absolute atomic E-state index is 10.1. The van der Waals surface area contributed by atoms with E-state index in [0.29, 0.717) is 11.2 Å². The van der Waals surface area contributed by atoms with Gasteiger partial charge in [-0.15, -0.1) is 0 Å². The van der Waals surface area contributed by atoms with Crippen molar-refractivity contribution in [3.63, 3.8) is 0 Å². The molecule has 19 heavy (non-hydrogen) atoms. The molecule has 1 aromatic heterocycles. The highest BCUT2D eigenvalue weighted by Crippen LogP contribution is 2.26. The lowest BCUT2D eigenvalue weighted by atomic mass is 9.77. The molecule has 0 fully saturated rings. The summed E-state index contributed by atoms with van der Waals surface area (Å²) >= 11 is 5.81. The van der Waals surface area contributed by atoms with Crippen LogP contribution in [0.2, 0.25) is 5.15 Å². The molecule has 106 valence electrons. The Morgan fingerprint density at radius 3 is 2.37 bits per heavy atom. The molecule has 0 amide bonds. The van der Waals surface area contributed by atoms with E-state index < -0.39 is 18.3 Å². The number of methoxy groups -OCH3 is 1. The van der Waals surface area contributed by atoms with Gasteiger partial charge in [0.1, 0.15) is 0 Å². The zero-order valence-corrected chi connectivity index (χ0v) is 12.5. The zero-order valence-electron chi connectivity index (χ0n) is 11.8. The Hall–Kier alpha value is -0.815. The Morgan fingerprint density at radius 1 is 1.32 bits per heavy atom. The highest BCUT2D eigenvalue weighted by molar-refractivity contribution is 6.60. The number of hydrogen-bond acceptors (Lipinski definition) is 5. The molecule has 0 saturated heterocycles. The van der Waals surface area contributed by atoms with Crippen LogP contribution in [0.1, 0.15) is 27.7 Å². The Labute approximate surface area is 118 Å². The molecule has 0 unspecified atom stereocenters. The number of ether oxygens (including phenoxy) is 1. The number of aliphatic hydroxyl groups is 1. The van der Waals surface area contributed by atoms with Crippen LogP contribution in [0.15, 0.2) is 12.3 Å². The van der Waals surface area contributed by atoms with Gasteiger partial charge in [0.25, 0.3) is 0 Å². The summed E-state index contributed by atoms with van der Waals surface area (Å²) in [5.41, 5.74) is -1.66. The predicted molar refractivity (Wildman–Crippen MR) is 74.9 cm³/mol. The van der Waals surface area contributed by atoms with Crippen molar-refractivity contribution in [2.75, 3.05) is 7.11 Å². The van der Waals surface area contributed by atoms with Crippen LogP contribution in [0.5, 0.6) is 5.75 Å². The van der Waals surface area contributed by atoms with Gasteiger partial charge in [0.15, 0.2) is 10.9 Å². The molecule has 0 aliphatic carbocycles. The molecule has 5 nitrogen and oxygen atoms in total. The summed E-state index contributed by atoms with van der Waals surface area (Å²) in [6.45, 7) is 6.61. The Balaban J connectivity index is 2.93. The first kappa shape index (κ1) is 16.2. The highest BCUT2D eigenvalue weighted by atomic mass is 35.5. The first-order chi connectivity index (χ1) is 8.58. The van der Waals surface area contributed by atoms with Gasteiger partial charge >= 0.3 is 7.12 Å². The second-order valence-electron chi connectivity index (χ2n) is 5.30. The number of halogens is 1. The molecule has 7 heteroatoms. The van der Waals surface area contributed by atoms with E-state index in [1.54, 1.807) is 33.8 Å². The molecule has 0 aromatic carbocycles. The smallest absolute Gasteiger partial charge is 0.493 e. The summed E-state index contributed by atoms with van der Waals surface area (Å²) in [5, 5.41) is 20.3. The quantitative estimate of drug-likeness (QED) is 0.624. The van der Waals surface area contributed by atoms with E-state index in [1.807, 2.05) is 0 Å². The fourth-order valence-electron chi connectivity index (χ4n) is 1.21. The number of hydrogen-bond donors (Lipinski definition) is 2. The van der Waals surface area contributed by atoms with E-state index in [0.717, 1.165) is 0 Å². The van der Waals surface area contributed by atoms with Crippen molar-refractivity contribution in [3.8, 4) is 5.75 Å². The first-order valence-electron chi connectivity index (χ1n) is 5.86. The maximum Gasteiger partial charge on any atom is 0.493 e. The minimum absolute atomic E-state index is 0.209. The third kappa shape index (κ3) is 3.83. The monoisotopic (exact) mass is 287 g/mol. The van der Waals surface area contributed by atoms with Crippen LogP contribution in [0, 0.1) is 0 Å². The lowest BCUT2D eigenvalue weighted by molar-refractivity contribution is -0.0982. The van der Waals surface area contributed by atoms with Gasteiger partial charge < -0.3 is 19.5 Å². The summed E-state index contributed by atoms with van der Waals surface area (Å²) < 4.78 is 10.5. The van der Waals surface area contributed by atoms with E-state index in [-0.39, 0.29) is 5.15 Å². The number of nitrogens with zero attached hydrogens (tertiary/aromatic N) is 1. The van der Waals surface area contributed by atoms with E-state index in [1.165, 1.54) is 13.3 Å². The average molecular weight is 288 g/mol. The summed E-state index contributed by atoms with van der Waals surface area (Å²) in [4.78, 5) is 3.90. The summed E-state index contributed by atoms with van der Waals surface area (Å²) in [7, 11) is 0.223. The number of aromatic nitrogens is 1. The van der Waals surface area contributed by atoms with Gasteiger partial charge in [0.2, 0.25) is 0 Å². The van der Waals surface area contributed by atoms with Gasteiger partial charge in [-0.3, -0.25) is 0 Å². The Bertz CT molecular complexity index is 448. The van der Waals surface area contributed by atoms with Crippen molar-refractivity contribution in [3.05, 3.63) is 17.4 Å². The summed E-state index contributed by atoms with van der Waals surface area (Å²) in [6, 6.07) is 1.54. The minimum Gasteiger partial charge on any atom is -0.494 e. The second kappa shape index (κ2) is 5.67. The topological polar surface area (TPSA) is 71.8 Å². The average Bonchev–Trinajstić information content (AvgIpc) is 2.27. The van der Waals surface area contributed by atoms with E-state index in [9.17, 15) is 10.1 Å². The standard InChI is InChI=1S/C12H19BClNO4/c1-11(2,16)12(3,4)19-13(17)8-6-9(18-5)10(14)15-7-8/h6-7,16-17H,1-5H3. The normalized spacial score (nSPS) is 12.4. The van der Waals surface area contributed by atoms with Crippen molar-refractivity contribution in [1.29, 1.82) is 0 Å². The van der Waals surface area contributed by atoms with Crippen LogP contribution < -0.4 is 10.2 Å². The van der Waals surface area contributed by atoms with E-state index in [4.69, 9.17) is 21.0 Å². The van der Waals surface area contributed by atoms with Crippen molar-refractivity contribution in [2.24, 2.45) is 0 Å². The van der Waals surface area contributed by atoms with Crippen LogP contribution in [0.3, 0.4) is 0 Å². The van der Waals surface area contributed by atoms with E-state index >= 15 is 0 Å². The Morgan fingerprint density at radius 2 is 1.89 bits per heavy atom.